The number of hydrogen-bond donors (Lipinski definition) is 0. The van der Waals surface area contributed by atoms with E-state index >= 15 is 0 Å². The summed E-state index contributed by atoms with van der Waals surface area (Å²) in [6.45, 7) is 3.88. The first-order chi connectivity index (χ1) is 11.1. The van der Waals surface area contributed by atoms with Crippen molar-refractivity contribution < 1.29 is 9.47 Å². The van der Waals surface area contributed by atoms with E-state index in [4.69, 9.17) is 9.47 Å². The molecule has 1 aromatic carbocycles. The first-order valence-electron chi connectivity index (χ1n) is 7.55. The summed E-state index contributed by atoms with van der Waals surface area (Å²) in [5, 5.41) is 10.5. The summed E-state index contributed by atoms with van der Waals surface area (Å²) in [5.74, 6) is 1.46. The van der Waals surface area contributed by atoms with Gasteiger partial charge in [-0.1, -0.05) is 30.3 Å². The Balaban J connectivity index is 2.35. The van der Waals surface area contributed by atoms with Crippen molar-refractivity contribution in [2.24, 2.45) is 0 Å². The molecule has 124 valence electrons. The molecule has 0 saturated carbocycles. The molecule has 0 aliphatic rings. The van der Waals surface area contributed by atoms with Gasteiger partial charge in [-0.15, -0.1) is 10.2 Å². The molecule has 2 unspecified atom stereocenters. The van der Waals surface area contributed by atoms with Crippen LogP contribution in [-0.4, -0.2) is 36.1 Å². The molecule has 2 rings (SSSR count). The van der Waals surface area contributed by atoms with E-state index in [9.17, 15) is 0 Å². The maximum Gasteiger partial charge on any atom is 0.181 e. The topological polar surface area (TPSA) is 52.4 Å². The zero-order chi connectivity index (χ0) is 16.8. The third-order valence-corrected chi connectivity index (χ3v) is 3.72. The van der Waals surface area contributed by atoms with Crippen LogP contribution in [0.5, 0.6) is 0 Å². The van der Waals surface area contributed by atoms with E-state index in [0.717, 1.165) is 17.2 Å². The summed E-state index contributed by atoms with van der Waals surface area (Å²) in [4.78, 5) is 0. The van der Waals surface area contributed by atoms with Gasteiger partial charge in [-0.05, 0) is 25.5 Å². The molecule has 0 amide bonds. The fraction of sp³-hybridized carbons (Fsp3) is 0.412. The molecule has 6 heteroatoms. The van der Waals surface area contributed by atoms with Crippen LogP contribution in [0.1, 0.15) is 43.3 Å². The fourth-order valence-electron chi connectivity index (χ4n) is 2.17. The quantitative estimate of drug-likeness (QED) is 0.786. The highest BCUT2D eigenvalue weighted by atomic mass is 16.5. The lowest BCUT2D eigenvalue weighted by Gasteiger charge is -2.23. The van der Waals surface area contributed by atoms with Gasteiger partial charge in [-0.25, -0.2) is 4.68 Å². The van der Waals surface area contributed by atoms with Crippen molar-refractivity contribution in [1.29, 1.82) is 0 Å². The molecule has 2 aromatic rings. The monoisotopic (exact) mass is 316 g/mol. The van der Waals surface area contributed by atoms with Crippen molar-refractivity contribution in [2.45, 2.75) is 26.1 Å². The van der Waals surface area contributed by atoms with Gasteiger partial charge in [0.1, 0.15) is 12.2 Å². The van der Waals surface area contributed by atoms with E-state index in [0.29, 0.717) is 0 Å². The van der Waals surface area contributed by atoms with Crippen LogP contribution in [0.3, 0.4) is 0 Å². The molecule has 0 aliphatic carbocycles. The lowest BCUT2D eigenvalue weighted by atomic mass is 10.2. The Morgan fingerprint density at radius 1 is 1.00 bits per heavy atom. The van der Waals surface area contributed by atoms with Crippen molar-refractivity contribution in [1.82, 2.24) is 14.9 Å². The molecular formula is C17H24N4O2. The van der Waals surface area contributed by atoms with Crippen LogP contribution in [-0.2, 0) is 9.47 Å². The molecule has 1 heterocycles. The Bertz CT molecular complexity index is 612. The van der Waals surface area contributed by atoms with Gasteiger partial charge in [0.2, 0.25) is 0 Å². The first-order valence-corrected chi connectivity index (χ1v) is 7.55. The summed E-state index contributed by atoms with van der Waals surface area (Å²) in [7, 11) is 5.26. The number of ether oxygens (including phenoxy) is 2. The molecule has 0 radical (unpaired) electrons. The molecule has 2 atom stereocenters. The van der Waals surface area contributed by atoms with E-state index in [2.05, 4.69) is 10.2 Å². The maximum atomic E-state index is 5.40. The van der Waals surface area contributed by atoms with Crippen molar-refractivity contribution in [3.8, 4) is 0 Å². The second-order valence-electron chi connectivity index (χ2n) is 5.28. The van der Waals surface area contributed by atoms with Crippen molar-refractivity contribution >= 4 is 6.08 Å². The predicted molar refractivity (Wildman–Crippen MR) is 90.5 cm³/mol. The van der Waals surface area contributed by atoms with E-state index in [1.165, 1.54) is 0 Å². The van der Waals surface area contributed by atoms with Gasteiger partial charge in [0.25, 0.3) is 0 Å². The minimum absolute atomic E-state index is 0.173. The van der Waals surface area contributed by atoms with Crippen molar-refractivity contribution in [2.75, 3.05) is 26.3 Å². The predicted octanol–water partition coefficient (Wildman–Crippen LogP) is 2.93. The molecular weight excluding hydrogens is 292 g/mol. The molecule has 23 heavy (non-hydrogen) atoms. The van der Waals surface area contributed by atoms with Crippen LogP contribution >= 0.6 is 0 Å². The third kappa shape index (κ3) is 3.97. The van der Waals surface area contributed by atoms with E-state index < -0.39 is 0 Å². The first kappa shape index (κ1) is 17.2. The van der Waals surface area contributed by atoms with Gasteiger partial charge in [0.15, 0.2) is 11.6 Å². The molecule has 0 spiro atoms. The smallest absolute Gasteiger partial charge is 0.181 e. The van der Waals surface area contributed by atoms with Crippen LogP contribution in [0.25, 0.3) is 6.08 Å². The van der Waals surface area contributed by atoms with E-state index in [1.807, 2.05) is 73.2 Å². The number of nitrogens with zero attached hydrogens (tertiary/aromatic N) is 4. The maximum absolute atomic E-state index is 5.40. The van der Waals surface area contributed by atoms with E-state index in [1.54, 1.807) is 14.2 Å². The van der Waals surface area contributed by atoms with Crippen LogP contribution in [0.4, 0.5) is 0 Å². The summed E-state index contributed by atoms with van der Waals surface area (Å²) in [5.41, 5.74) is 1.12. The van der Waals surface area contributed by atoms with Gasteiger partial charge in [0.05, 0.1) is 0 Å². The van der Waals surface area contributed by atoms with Crippen LogP contribution < -0.4 is 5.01 Å². The molecule has 0 fully saturated rings. The Morgan fingerprint density at radius 2 is 1.52 bits per heavy atom. The highest BCUT2D eigenvalue weighted by Crippen LogP contribution is 2.20. The lowest BCUT2D eigenvalue weighted by Crippen LogP contribution is -2.30. The second-order valence-corrected chi connectivity index (χ2v) is 5.28. The van der Waals surface area contributed by atoms with Crippen molar-refractivity contribution in [3.63, 3.8) is 0 Å². The van der Waals surface area contributed by atoms with E-state index in [-0.39, 0.29) is 12.2 Å². The summed E-state index contributed by atoms with van der Waals surface area (Å²) >= 11 is 0. The molecule has 0 aliphatic heterocycles. The third-order valence-electron chi connectivity index (χ3n) is 3.72. The summed E-state index contributed by atoms with van der Waals surface area (Å²) in [6.07, 6.45) is 3.65. The SMILES string of the molecule is COC(C)c1nnc(C(C)OC)n1N(C)C=Cc1ccccc1. The number of aromatic nitrogens is 3. The highest BCUT2D eigenvalue weighted by Gasteiger charge is 2.23. The standard InChI is InChI=1S/C17H24N4O2/c1-13(22-4)16-18-19-17(14(2)23-5)21(16)20(3)12-11-15-9-7-6-8-10-15/h6-14H,1-5H3. The Kier molecular flexibility index (Phi) is 5.90. The molecule has 6 nitrogen and oxygen atoms in total. The van der Waals surface area contributed by atoms with Crippen LogP contribution in [0.15, 0.2) is 36.5 Å². The Labute approximate surface area is 137 Å². The average Bonchev–Trinajstić information content (AvgIpc) is 3.04. The largest absolute Gasteiger partial charge is 0.374 e. The minimum Gasteiger partial charge on any atom is -0.374 e. The average molecular weight is 316 g/mol. The second kappa shape index (κ2) is 7.89. The molecule has 0 N–H and O–H groups in total. The van der Waals surface area contributed by atoms with Gasteiger partial charge < -0.3 is 9.47 Å². The number of rotatable bonds is 7. The van der Waals surface area contributed by atoms with Crippen LogP contribution in [0, 0.1) is 0 Å². The van der Waals surface area contributed by atoms with Crippen molar-refractivity contribution in [3.05, 3.63) is 53.7 Å². The summed E-state index contributed by atoms with van der Waals surface area (Å²) in [6, 6.07) is 10.1. The van der Waals surface area contributed by atoms with Crippen LogP contribution in [0.2, 0.25) is 0 Å². The van der Waals surface area contributed by atoms with Gasteiger partial charge in [-0.2, -0.15) is 0 Å². The summed E-state index contributed by atoms with van der Waals surface area (Å²) < 4.78 is 12.7. The molecule has 1 aromatic heterocycles. The molecule has 0 bridgehead atoms. The van der Waals surface area contributed by atoms with Gasteiger partial charge in [0, 0.05) is 27.5 Å². The molecule has 0 saturated heterocycles. The number of hydrogen-bond acceptors (Lipinski definition) is 5. The Morgan fingerprint density at radius 3 is 2.00 bits per heavy atom. The highest BCUT2D eigenvalue weighted by molar-refractivity contribution is 5.49. The Hall–Kier alpha value is -2.18. The zero-order valence-corrected chi connectivity index (χ0v) is 14.3. The number of benzene rings is 1. The number of methoxy groups -OCH3 is 2. The fourth-order valence-corrected chi connectivity index (χ4v) is 2.17. The van der Waals surface area contributed by atoms with Gasteiger partial charge >= 0.3 is 0 Å². The minimum atomic E-state index is -0.173. The normalized spacial score (nSPS) is 14.1. The lowest BCUT2D eigenvalue weighted by molar-refractivity contribution is 0.1000. The van der Waals surface area contributed by atoms with Gasteiger partial charge in [-0.3, -0.25) is 5.01 Å². The zero-order valence-electron chi connectivity index (χ0n) is 14.3.